The number of thioether (sulfide) groups is 1. The van der Waals surface area contributed by atoms with Gasteiger partial charge < -0.3 is 15.4 Å². The van der Waals surface area contributed by atoms with E-state index in [-0.39, 0.29) is 0 Å². The van der Waals surface area contributed by atoms with Gasteiger partial charge in [0, 0.05) is 32.0 Å². The predicted octanol–water partition coefficient (Wildman–Crippen LogP) is 2.36. The van der Waals surface area contributed by atoms with E-state index in [1.54, 1.807) is 30.2 Å². The Balaban J connectivity index is 2.09. The number of nitrogens with two attached hydrogens (primary N) is 1. The van der Waals surface area contributed by atoms with E-state index >= 15 is 0 Å². The molecule has 1 aromatic carbocycles. The Hall–Kier alpha value is -1.31. The van der Waals surface area contributed by atoms with E-state index in [1.807, 2.05) is 31.1 Å². The van der Waals surface area contributed by atoms with Gasteiger partial charge in [-0.05, 0) is 17.7 Å². The topological polar surface area (TPSA) is 64.3 Å². The van der Waals surface area contributed by atoms with Crippen LogP contribution in [-0.4, -0.2) is 31.4 Å². The summed E-state index contributed by atoms with van der Waals surface area (Å²) in [6.07, 6.45) is 0. The molecule has 0 saturated heterocycles. The Labute approximate surface area is 127 Å². The summed E-state index contributed by atoms with van der Waals surface area (Å²) in [4.78, 5) is 1.96. The fourth-order valence-corrected chi connectivity index (χ4v) is 3.39. The Kier molecular flexibility index (Phi) is 5.22. The van der Waals surface area contributed by atoms with Crippen molar-refractivity contribution in [3.05, 3.63) is 29.3 Å². The highest BCUT2D eigenvalue weighted by Crippen LogP contribution is 2.32. The Morgan fingerprint density at radius 2 is 2.15 bits per heavy atom. The molecule has 2 aromatic rings. The van der Waals surface area contributed by atoms with Crippen LogP contribution in [0, 0.1) is 0 Å². The highest BCUT2D eigenvalue weighted by Gasteiger charge is 2.09. The normalized spacial score (nSPS) is 10.6. The van der Waals surface area contributed by atoms with Gasteiger partial charge in [0.15, 0.2) is 4.34 Å². The fraction of sp³-hybridized carbons (Fsp3) is 0.385. The van der Waals surface area contributed by atoms with Gasteiger partial charge in [-0.15, -0.1) is 10.2 Å². The number of methoxy groups -OCH3 is 1. The second-order valence-electron chi connectivity index (χ2n) is 4.38. The van der Waals surface area contributed by atoms with Gasteiger partial charge in [-0.25, -0.2) is 0 Å². The zero-order valence-corrected chi connectivity index (χ0v) is 13.4. The zero-order chi connectivity index (χ0) is 14.5. The third-order valence-electron chi connectivity index (χ3n) is 2.71. The summed E-state index contributed by atoms with van der Waals surface area (Å²) in [5.41, 5.74) is 7.91. The first-order valence-electron chi connectivity index (χ1n) is 6.13. The maximum atomic E-state index is 5.68. The molecule has 0 unspecified atom stereocenters. The summed E-state index contributed by atoms with van der Waals surface area (Å²) in [7, 11) is 5.60. The first-order chi connectivity index (χ1) is 9.63. The first-order valence-corrected chi connectivity index (χ1v) is 7.93. The van der Waals surface area contributed by atoms with Crippen molar-refractivity contribution in [2.24, 2.45) is 5.73 Å². The van der Waals surface area contributed by atoms with E-state index in [0.29, 0.717) is 6.54 Å². The summed E-state index contributed by atoms with van der Waals surface area (Å²) in [5, 5.41) is 9.21. The van der Waals surface area contributed by atoms with Crippen molar-refractivity contribution in [3.8, 4) is 5.75 Å². The monoisotopic (exact) mass is 310 g/mol. The lowest BCUT2D eigenvalue weighted by molar-refractivity contribution is 0.411. The lowest BCUT2D eigenvalue weighted by Crippen LogP contribution is -2.07. The van der Waals surface area contributed by atoms with Crippen molar-refractivity contribution >= 4 is 28.2 Å². The highest BCUT2D eigenvalue weighted by molar-refractivity contribution is 8.00. The number of benzene rings is 1. The van der Waals surface area contributed by atoms with Crippen molar-refractivity contribution in [2.75, 3.05) is 26.1 Å². The number of ether oxygens (including phenoxy) is 1. The molecule has 5 nitrogen and oxygen atoms in total. The summed E-state index contributed by atoms with van der Waals surface area (Å²) >= 11 is 3.24. The minimum absolute atomic E-state index is 0.533. The summed E-state index contributed by atoms with van der Waals surface area (Å²) in [5.74, 6) is 1.67. The molecule has 0 fully saturated rings. The molecule has 0 aliphatic rings. The molecule has 20 heavy (non-hydrogen) atoms. The van der Waals surface area contributed by atoms with Crippen LogP contribution in [0.25, 0.3) is 0 Å². The number of hydrogen-bond donors (Lipinski definition) is 1. The van der Waals surface area contributed by atoms with Crippen LogP contribution in [0.15, 0.2) is 22.5 Å². The largest absolute Gasteiger partial charge is 0.496 e. The maximum Gasteiger partial charge on any atom is 0.208 e. The minimum atomic E-state index is 0.533. The molecule has 0 saturated carbocycles. The SMILES string of the molecule is COc1ccc(CN)cc1CSc1nnc(N(C)C)s1. The molecule has 0 amide bonds. The molecule has 1 heterocycles. The summed E-state index contributed by atoms with van der Waals surface area (Å²) in [6.45, 7) is 0.533. The van der Waals surface area contributed by atoms with Crippen LogP contribution in [0.2, 0.25) is 0 Å². The maximum absolute atomic E-state index is 5.68. The Bertz CT molecular complexity index is 571. The van der Waals surface area contributed by atoms with Crippen LogP contribution >= 0.6 is 23.1 Å². The number of nitrogens with zero attached hydrogens (tertiary/aromatic N) is 3. The van der Waals surface area contributed by atoms with Crippen LogP contribution in [0.1, 0.15) is 11.1 Å². The van der Waals surface area contributed by atoms with E-state index < -0.39 is 0 Å². The molecule has 0 bridgehead atoms. The van der Waals surface area contributed by atoms with Gasteiger partial charge in [-0.2, -0.15) is 0 Å². The average Bonchev–Trinajstić information content (AvgIpc) is 2.93. The fourth-order valence-electron chi connectivity index (χ4n) is 1.65. The van der Waals surface area contributed by atoms with Gasteiger partial charge in [0.1, 0.15) is 5.75 Å². The molecule has 2 rings (SSSR count). The molecule has 1 aromatic heterocycles. The molecule has 0 aliphatic heterocycles. The summed E-state index contributed by atoms with van der Waals surface area (Å²) in [6, 6.07) is 6.03. The Morgan fingerprint density at radius 3 is 2.75 bits per heavy atom. The zero-order valence-electron chi connectivity index (χ0n) is 11.8. The van der Waals surface area contributed by atoms with E-state index in [0.717, 1.165) is 32.1 Å². The second kappa shape index (κ2) is 6.92. The van der Waals surface area contributed by atoms with E-state index in [9.17, 15) is 0 Å². The van der Waals surface area contributed by atoms with Crippen molar-refractivity contribution in [3.63, 3.8) is 0 Å². The molecule has 0 radical (unpaired) electrons. The molecule has 7 heteroatoms. The lowest BCUT2D eigenvalue weighted by Gasteiger charge is -2.09. The van der Waals surface area contributed by atoms with Crippen molar-refractivity contribution in [2.45, 2.75) is 16.6 Å². The van der Waals surface area contributed by atoms with E-state index in [4.69, 9.17) is 10.5 Å². The predicted molar refractivity (Wildman–Crippen MR) is 84.7 cm³/mol. The lowest BCUT2D eigenvalue weighted by atomic mass is 10.1. The Morgan fingerprint density at radius 1 is 1.35 bits per heavy atom. The number of anilines is 1. The van der Waals surface area contributed by atoms with Gasteiger partial charge >= 0.3 is 0 Å². The van der Waals surface area contributed by atoms with Crippen molar-refractivity contribution in [1.82, 2.24) is 10.2 Å². The van der Waals surface area contributed by atoms with Crippen LogP contribution in [0.4, 0.5) is 5.13 Å². The molecular weight excluding hydrogens is 292 g/mol. The quantitative estimate of drug-likeness (QED) is 0.826. The van der Waals surface area contributed by atoms with Crippen LogP contribution < -0.4 is 15.4 Å². The van der Waals surface area contributed by atoms with Gasteiger partial charge in [0.05, 0.1) is 7.11 Å². The van der Waals surface area contributed by atoms with Crippen LogP contribution in [-0.2, 0) is 12.3 Å². The molecule has 0 atom stereocenters. The number of rotatable bonds is 6. The van der Waals surface area contributed by atoms with E-state index in [1.165, 1.54) is 0 Å². The molecule has 108 valence electrons. The van der Waals surface area contributed by atoms with Gasteiger partial charge in [-0.3, -0.25) is 0 Å². The standard InChI is InChI=1S/C13H18N4OS2/c1-17(2)12-15-16-13(20-12)19-8-10-6-9(7-14)4-5-11(10)18-3/h4-6H,7-8,14H2,1-3H3. The molecule has 2 N–H and O–H groups in total. The van der Waals surface area contributed by atoms with Gasteiger partial charge in [0.25, 0.3) is 0 Å². The number of aromatic nitrogens is 2. The third-order valence-corrected chi connectivity index (χ3v) is 4.98. The van der Waals surface area contributed by atoms with Crippen molar-refractivity contribution < 1.29 is 4.74 Å². The second-order valence-corrected chi connectivity index (χ2v) is 6.56. The van der Waals surface area contributed by atoms with Crippen LogP contribution in [0.5, 0.6) is 5.75 Å². The molecular formula is C13H18N4OS2. The third kappa shape index (κ3) is 3.62. The summed E-state index contributed by atoms with van der Waals surface area (Å²) < 4.78 is 6.33. The number of hydrogen-bond acceptors (Lipinski definition) is 7. The van der Waals surface area contributed by atoms with Gasteiger partial charge in [-0.1, -0.05) is 29.2 Å². The van der Waals surface area contributed by atoms with Crippen molar-refractivity contribution in [1.29, 1.82) is 0 Å². The highest BCUT2D eigenvalue weighted by atomic mass is 32.2. The minimum Gasteiger partial charge on any atom is -0.496 e. The first kappa shape index (κ1) is 15.1. The molecule has 0 spiro atoms. The van der Waals surface area contributed by atoms with Crippen LogP contribution in [0.3, 0.4) is 0 Å². The van der Waals surface area contributed by atoms with Gasteiger partial charge in [0.2, 0.25) is 5.13 Å². The molecule has 0 aliphatic carbocycles. The average molecular weight is 310 g/mol. The van der Waals surface area contributed by atoms with E-state index in [2.05, 4.69) is 16.3 Å². The smallest absolute Gasteiger partial charge is 0.208 e.